The van der Waals surface area contributed by atoms with Crippen LogP contribution in [0, 0.1) is 0 Å². The zero-order chi connectivity index (χ0) is 55.3. The number of allylic oxidation sites excluding steroid dienone is 11. The van der Waals surface area contributed by atoms with Crippen molar-refractivity contribution < 1.29 is 64.6 Å². The number of nitrogens with one attached hydrogen (secondary N) is 1. The van der Waals surface area contributed by atoms with Crippen LogP contribution in [0.15, 0.2) is 72.9 Å². The van der Waals surface area contributed by atoms with E-state index < -0.39 is 86.8 Å². The SMILES string of the molecule is CC/C=C\C/C=C\C/C=C\C/C=C\C/C=C\CCCCCCCCCC(=O)NC(COC1OC(CO)C(OC2OC(CO)C(O)C(O)C2O)C(O)C1O)C(O)/C=C/CCCCCCCCCCCCCCCCCCC. The molecule has 2 rings (SSSR count). The minimum absolute atomic E-state index is 0.252. The van der Waals surface area contributed by atoms with Crippen molar-refractivity contribution in [3.8, 4) is 0 Å². The Labute approximate surface area is 459 Å². The fourth-order valence-corrected chi connectivity index (χ4v) is 9.55. The lowest BCUT2D eigenvalue weighted by Gasteiger charge is -2.46. The molecule has 2 fully saturated rings. The van der Waals surface area contributed by atoms with Gasteiger partial charge in [-0.25, -0.2) is 0 Å². The molecule has 12 atom stereocenters. The second kappa shape index (κ2) is 47.3. The van der Waals surface area contributed by atoms with Gasteiger partial charge in [0.05, 0.1) is 32.0 Å². The van der Waals surface area contributed by atoms with E-state index in [1.807, 2.05) is 6.08 Å². The number of aliphatic hydroxyl groups excluding tert-OH is 8. The fraction of sp³-hybridized carbons (Fsp3) is 0.790. The second-order valence-corrected chi connectivity index (χ2v) is 21.1. The smallest absolute Gasteiger partial charge is 0.220 e. The van der Waals surface area contributed by atoms with Gasteiger partial charge in [0.2, 0.25) is 5.91 Å². The first kappa shape index (κ1) is 69.5. The number of carbonyl (C=O) groups excluding carboxylic acids is 1. The molecule has 76 heavy (non-hydrogen) atoms. The lowest BCUT2D eigenvalue weighted by Crippen LogP contribution is -2.65. The molecule has 1 amide bonds. The quantitative estimate of drug-likeness (QED) is 0.0204. The Bertz CT molecular complexity index is 1550. The van der Waals surface area contributed by atoms with Crippen LogP contribution in [-0.2, 0) is 23.7 Å². The fourth-order valence-electron chi connectivity index (χ4n) is 9.55. The van der Waals surface area contributed by atoms with Crippen LogP contribution in [0.4, 0.5) is 0 Å². The van der Waals surface area contributed by atoms with Gasteiger partial charge >= 0.3 is 0 Å². The van der Waals surface area contributed by atoms with Gasteiger partial charge in [-0.15, -0.1) is 0 Å². The highest BCUT2D eigenvalue weighted by Gasteiger charge is 2.51. The average molecular weight is 1080 g/mol. The van der Waals surface area contributed by atoms with Crippen LogP contribution in [0.25, 0.3) is 0 Å². The monoisotopic (exact) mass is 1080 g/mol. The molecule has 14 heteroatoms. The summed E-state index contributed by atoms with van der Waals surface area (Å²) in [6.45, 7) is 2.68. The van der Waals surface area contributed by atoms with Crippen molar-refractivity contribution in [1.29, 1.82) is 0 Å². The molecule has 0 bridgehead atoms. The molecule has 9 N–H and O–H groups in total. The second-order valence-electron chi connectivity index (χ2n) is 21.1. The Kier molecular flexibility index (Phi) is 43.2. The number of rotatable bonds is 47. The summed E-state index contributed by atoms with van der Waals surface area (Å²) in [7, 11) is 0. The molecule has 2 aliphatic rings. The van der Waals surface area contributed by atoms with Crippen LogP contribution in [0.5, 0.6) is 0 Å². The van der Waals surface area contributed by atoms with E-state index in [9.17, 15) is 45.6 Å². The highest BCUT2D eigenvalue weighted by molar-refractivity contribution is 5.76. The first-order chi connectivity index (χ1) is 37.1. The van der Waals surface area contributed by atoms with Gasteiger partial charge in [0, 0.05) is 6.42 Å². The molecule has 0 spiro atoms. The van der Waals surface area contributed by atoms with Crippen molar-refractivity contribution >= 4 is 5.91 Å². The molecule has 0 aromatic rings. The molecule has 0 aromatic heterocycles. The standard InChI is InChI=1S/C62H109NO13/c1-3-5-7-9-11-13-15-17-19-21-23-24-25-26-28-30-32-34-36-38-40-42-44-46-54(67)63-50(51(66)45-43-41-39-37-35-33-31-29-27-22-20-18-16-14-12-10-8-6-4-2)49-73-61-59(72)57(70)60(53(48-65)75-61)76-62-58(71)56(69)55(68)52(47-64)74-62/h5,7,11,13,17,19,23-24,26,28,43,45,50-53,55-62,64-66,68-72H,3-4,6,8-10,12,14-16,18,20-22,25,27,29-42,44,46-49H2,1-2H3,(H,63,67)/b7-5-,13-11-,19-17-,24-23-,28-26-,45-43+. The van der Waals surface area contributed by atoms with Crippen molar-refractivity contribution in [2.24, 2.45) is 0 Å². The first-order valence-corrected chi connectivity index (χ1v) is 30.2. The lowest BCUT2D eigenvalue weighted by atomic mass is 9.97. The molecular weight excluding hydrogens is 967 g/mol. The summed E-state index contributed by atoms with van der Waals surface area (Å²) >= 11 is 0. The maximum absolute atomic E-state index is 13.3. The van der Waals surface area contributed by atoms with Crippen LogP contribution in [0.3, 0.4) is 0 Å². The number of amides is 1. The van der Waals surface area contributed by atoms with Crippen molar-refractivity contribution in [3.63, 3.8) is 0 Å². The molecular formula is C62H109NO13. The first-order valence-electron chi connectivity index (χ1n) is 30.2. The normalized spacial score (nSPS) is 25.4. The summed E-state index contributed by atoms with van der Waals surface area (Å²) in [6, 6.07) is -0.925. The van der Waals surface area contributed by atoms with E-state index in [1.54, 1.807) is 6.08 Å². The Morgan fingerprint density at radius 2 is 0.908 bits per heavy atom. The Balaban J connectivity index is 1.78. The molecule has 2 aliphatic heterocycles. The Morgan fingerprint density at radius 3 is 1.39 bits per heavy atom. The van der Waals surface area contributed by atoms with Crippen LogP contribution in [0.1, 0.15) is 219 Å². The van der Waals surface area contributed by atoms with Crippen LogP contribution < -0.4 is 5.32 Å². The summed E-state index contributed by atoms with van der Waals surface area (Å²) in [5.41, 5.74) is 0. The molecule has 0 aromatic carbocycles. The zero-order valence-corrected chi connectivity index (χ0v) is 47.2. The molecule has 0 saturated carbocycles. The van der Waals surface area contributed by atoms with Gasteiger partial charge < -0.3 is 65.1 Å². The maximum atomic E-state index is 13.3. The molecule has 2 heterocycles. The average Bonchev–Trinajstić information content (AvgIpc) is 3.42. The van der Waals surface area contributed by atoms with Crippen molar-refractivity contribution in [3.05, 3.63) is 72.9 Å². The topological polar surface area (TPSA) is 228 Å². The number of unbranched alkanes of at least 4 members (excludes halogenated alkanes) is 24. The van der Waals surface area contributed by atoms with Crippen LogP contribution in [0.2, 0.25) is 0 Å². The Hall–Kier alpha value is -2.57. The number of hydrogen-bond donors (Lipinski definition) is 9. The van der Waals surface area contributed by atoms with Crippen LogP contribution in [-0.4, -0.2) is 140 Å². The third-order valence-corrected chi connectivity index (χ3v) is 14.4. The van der Waals surface area contributed by atoms with Crippen molar-refractivity contribution in [2.45, 2.75) is 293 Å². The molecule has 12 unspecified atom stereocenters. The number of ether oxygens (including phenoxy) is 4. The molecule has 440 valence electrons. The zero-order valence-electron chi connectivity index (χ0n) is 47.2. The van der Waals surface area contributed by atoms with E-state index in [4.69, 9.17) is 18.9 Å². The van der Waals surface area contributed by atoms with E-state index in [0.717, 1.165) is 89.9 Å². The number of aliphatic hydroxyl groups is 8. The van der Waals surface area contributed by atoms with Gasteiger partial charge in [-0.3, -0.25) is 4.79 Å². The minimum Gasteiger partial charge on any atom is -0.394 e. The Morgan fingerprint density at radius 1 is 0.487 bits per heavy atom. The third kappa shape index (κ3) is 32.5. The highest BCUT2D eigenvalue weighted by atomic mass is 16.7. The van der Waals surface area contributed by atoms with E-state index in [2.05, 4.69) is 79.9 Å². The third-order valence-electron chi connectivity index (χ3n) is 14.4. The summed E-state index contributed by atoms with van der Waals surface area (Å²) < 4.78 is 22.8. The number of hydrogen-bond acceptors (Lipinski definition) is 13. The van der Waals surface area contributed by atoms with Gasteiger partial charge in [-0.2, -0.15) is 0 Å². The predicted octanol–water partition coefficient (Wildman–Crippen LogP) is 10.3. The summed E-state index contributed by atoms with van der Waals surface area (Å²) in [5.74, 6) is -0.252. The lowest BCUT2D eigenvalue weighted by molar-refractivity contribution is -0.359. The molecule has 14 nitrogen and oxygen atoms in total. The molecule has 0 aliphatic carbocycles. The minimum atomic E-state index is -1.79. The van der Waals surface area contributed by atoms with E-state index in [1.165, 1.54) is 103 Å². The van der Waals surface area contributed by atoms with Gasteiger partial charge in [-0.05, 0) is 64.2 Å². The maximum Gasteiger partial charge on any atom is 0.220 e. The number of carbonyl (C=O) groups is 1. The predicted molar refractivity (Wildman–Crippen MR) is 304 cm³/mol. The van der Waals surface area contributed by atoms with E-state index in [-0.39, 0.29) is 18.9 Å². The van der Waals surface area contributed by atoms with Crippen molar-refractivity contribution in [1.82, 2.24) is 5.32 Å². The summed E-state index contributed by atoms with van der Waals surface area (Å²) in [5, 5.41) is 87.1. The molecule has 0 radical (unpaired) electrons. The van der Waals surface area contributed by atoms with Gasteiger partial charge in [0.1, 0.15) is 48.8 Å². The van der Waals surface area contributed by atoms with Gasteiger partial charge in [0.25, 0.3) is 0 Å². The molecule has 2 saturated heterocycles. The highest BCUT2D eigenvalue weighted by Crippen LogP contribution is 2.30. The van der Waals surface area contributed by atoms with E-state index in [0.29, 0.717) is 6.42 Å². The van der Waals surface area contributed by atoms with Gasteiger partial charge in [0.15, 0.2) is 12.6 Å². The van der Waals surface area contributed by atoms with Gasteiger partial charge in [-0.1, -0.05) is 222 Å². The van der Waals surface area contributed by atoms with Crippen LogP contribution >= 0.6 is 0 Å². The summed E-state index contributed by atoms with van der Waals surface area (Å²) in [4.78, 5) is 13.3. The summed E-state index contributed by atoms with van der Waals surface area (Å²) in [6.07, 6.45) is 45.0. The van der Waals surface area contributed by atoms with E-state index >= 15 is 0 Å². The largest absolute Gasteiger partial charge is 0.394 e. The van der Waals surface area contributed by atoms with Crippen molar-refractivity contribution in [2.75, 3.05) is 19.8 Å².